The van der Waals surface area contributed by atoms with Crippen LogP contribution in [-0.4, -0.2) is 41.5 Å². The average molecular weight is 276 g/mol. The van der Waals surface area contributed by atoms with E-state index in [1.165, 1.54) is 0 Å². The van der Waals surface area contributed by atoms with Crippen molar-refractivity contribution in [1.29, 1.82) is 0 Å². The standard InChI is InChI=1S/C15H24N4O/c1-3-18(4-2)15(20)13-9-5-6-11-19(13)14-12(16)8-7-10-17-14/h7-8,10,13H,3-6,9,11,16H2,1-2H3. The minimum atomic E-state index is -0.124. The van der Waals surface area contributed by atoms with Crippen LogP contribution in [0.1, 0.15) is 33.1 Å². The van der Waals surface area contributed by atoms with E-state index in [4.69, 9.17) is 5.73 Å². The number of hydrogen-bond acceptors (Lipinski definition) is 4. The number of aromatic nitrogens is 1. The average Bonchev–Trinajstić information content (AvgIpc) is 2.49. The lowest BCUT2D eigenvalue weighted by atomic mass is 10.0. The summed E-state index contributed by atoms with van der Waals surface area (Å²) in [7, 11) is 0. The topological polar surface area (TPSA) is 62.5 Å². The zero-order chi connectivity index (χ0) is 14.5. The van der Waals surface area contributed by atoms with Gasteiger partial charge in [-0.3, -0.25) is 4.79 Å². The van der Waals surface area contributed by atoms with Gasteiger partial charge in [-0.25, -0.2) is 4.98 Å². The van der Waals surface area contributed by atoms with Gasteiger partial charge in [0.2, 0.25) is 5.91 Å². The van der Waals surface area contributed by atoms with Gasteiger partial charge >= 0.3 is 0 Å². The van der Waals surface area contributed by atoms with Crippen LogP contribution in [0.4, 0.5) is 11.5 Å². The number of piperidine rings is 1. The first-order chi connectivity index (χ1) is 9.69. The Bertz CT molecular complexity index is 459. The molecule has 0 spiro atoms. The van der Waals surface area contributed by atoms with Crippen LogP contribution < -0.4 is 10.6 Å². The second kappa shape index (κ2) is 6.59. The molecule has 2 N–H and O–H groups in total. The van der Waals surface area contributed by atoms with E-state index < -0.39 is 0 Å². The lowest BCUT2D eigenvalue weighted by Crippen LogP contribution is -2.51. The number of hydrogen-bond donors (Lipinski definition) is 1. The number of carbonyl (C=O) groups is 1. The maximum atomic E-state index is 12.7. The van der Waals surface area contributed by atoms with Crippen molar-refractivity contribution in [2.45, 2.75) is 39.2 Å². The molecule has 0 radical (unpaired) electrons. The molecule has 0 aliphatic carbocycles. The van der Waals surface area contributed by atoms with E-state index >= 15 is 0 Å². The fourth-order valence-corrected chi connectivity index (χ4v) is 2.84. The van der Waals surface area contributed by atoms with Crippen molar-refractivity contribution in [2.75, 3.05) is 30.3 Å². The number of nitrogens with two attached hydrogens (primary N) is 1. The molecule has 0 aromatic carbocycles. The third-order valence-electron chi connectivity index (χ3n) is 3.95. The summed E-state index contributed by atoms with van der Waals surface area (Å²) < 4.78 is 0. The first kappa shape index (κ1) is 14.6. The molecule has 2 heterocycles. The molecule has 110 valence electrons. The number of nitrogen functional groups attached to an aromatic ring is 1. The van der Waals surface area contributed by atoms with Crippen molar-refractivity contribution < 1.29 is 4.79 Å². The van der Waals surface area contributed by atoms with Crippen molar-refractivity contribution in [1.82, 2.24) is 9.88 Å². The Balaban J connectivity index is 2.26. The fraction of sp³-hybridized carbons (Fsp3) is 0.600. The second-order valence-corrected chi connectivity index (χ2v) is 5.13. The SMILES string of the molecule is CCN(CC)C(=O)C1CCCCN1c1ncccc1N. The van der Waals surface area contributed by atoms with Gasteiger partial charge in [-0.1, -0.05) is 0 Å². The van der Waals surface area contributed by atoms with E-state index in [1.807, 2.05) is 30.9 Å². The molecule has 1 aliphatic heterocycles. The summed E-state index contributed by atoms with van der Waals surface area (Å²) in [5.41, 5.74) is 6.67. The molecule has 2 rings (SSSR count). The van der Waals surface area contributed by atoms with Crippen LogP contribution >= 0.6 is 0 Å². The summed E-state index contributed by atoms with van der Waals surface area (Å²) in [6.45, 7) is 6.38. The number of rotatable bonds is 4. The Hall–Kier alpha value is -1.78. The molecule has 0 bridgehead atoms. The molecule has 0 saturated carbocycles. The monoisotopic (exact) mass is 276 g/mol. The first-order valence-electron chi connectivity index (χ1n) is 7.45. The quantitative estimate of drug-likeness (QED) is 0.912. The van der Waals surface area contributed by atoms with Gasteiger partial charge in [0.1, 0.15) is 6.04 Å². The normalized spacial score (nSPS) is 18.9. The molecule has 1 saturated heterocycles. The third-order valence-corrected chi connectivity index (χ3v) is 3.95. The lowest BCUT2D eigenvalue weighted by molar-refractivity contribution is -0.132. The molecule has 5 nitrogen and oxygen atoms in total. The lowest BCUT2D eigenvalue weighted by Gasteiger charge is -2.38. The maximum absolute atomic E-state index is 12.7. The van der Waals surface area contributed by atoms with Gasteiger partial charge in [0.15, 0.2) is 5.82 Å². The Morgan fingerprint density at radius 1 is 1.45 bits per heavy atom. The van der Waals surface area contributed by atoms with Gasteiger partial charge in [-0.05, 0) is 45.2 Å². The van der Waals surface area contributed by atoms with Gasteiger partial charge in [0.05, 0.1) is 5.69 Å². The summed E-state index contributed by atoms with van der Waals surface area (Å²) in [4.78, 5) is 21.0. The van der Waals surface area contributed by atoms with Crippen molar-refractivity contribution in [2.24, 2.45) is 0 Å². The highest BCUT2D eigenvalue weighted by molar-refractivity contribution is 5.86. The molecular formula is C15H24N4O. The van der Waals surface area contributed by atoms with E-state index in [1.54, 1.807) is 6.20 Å². The largest absolute Gasteiger partial charge is 0.396 e. The summed E-state index contributed by atoms with van der Waals surface area (Å²) >= 11 is 0. The van der Waals surface area contributed by atoms with Gasteiger partial charge < -0.3 is 15.5 Å². The zero-order valence-corrected chi connectivity index (χ0v) is 12.4. The summed E-state index contributed by atoms with van der Waals surface area (Å²) in [5, 5.41) is 0. The fourth-order valence-electron chi connectivity index (χ4n) is 2.84. The summed E-state index contributed by atoms with van der Waals surface area (Å²) in [5.74, 6) is 0.942. The molecule has 1 unspecified atom stereocenters. The van der Waals surface area contributed by atoms with Crippen LogP contribution in [0, 0.1) is 0 Å². The highest BCUT2D eigenvalue weighted by Crippen LogP contribution is 2.28. The number of anilines is 2. The van der Waals surface area contributed by atoms with Crippen LogP contribution in [-0.2, 0) is 4.79 Å². The minimum absolute atomic E-state index is 0.124. The number of likely N-dealkylation sites (N-methyl/N-ethyl adjacent to an activating group) is 1. The second-order valence-electron chi connectivity index (χ2n) is 5.13. The zero-order valence-electron chi connectivity index (χ0n) is 12.4. The van der Waals surface area contributed by atoms with E-state index in [9.17, 15) is 4.79 Å². The number of pyridine rings is 1. The predicted molar refractivity (Wildman–Crippen MR) is 81.6 cm³/mol. The van der Waals surface area contributed by atoms with Gasteiger partial charge in [-0.2, -0.15) is 0 Å². The molecule has 1 aromatic heterocycles. The Labute approximate surface area is 120 Å². The van der Waals surface area contributed by atoms with Crippen molar-refractivity contribution in [3.05, 3.63) is 18.3 Å². The van der Waals surface area contributed by atoms with Crippen molar-refractivity contribution in [3.8, 4) is 0 Å². The molecule has 1 aromatic rings. The van der Waals surface area contributed by atoms with Gasteiger partial charge in [-0.15, -0.1) is 0 Å². The molecule has 1 atom stereocenters. The summed E-state index contributed by atoms with van der Waals surface area (Å²) in [6.07, 6.45) is 4.78. The third kappa shape index (κ3) is 2.86. The van der Waals surface area contributed by atoms with Crippen LogP contribution in [0.25, 0.3) is 0 Å². The van der Waals surface area contributed by atoms with Gasteiger partial charge in [0.25, 0.3) is 0 Å². The highest BCUT2D eigenvalue weighted by atomic mass is 16.2. The molecule has 1 aliphatic rings. The van der Waals surface area contributed by atoms with Crippen molar-refractivity contribution >= 4 is 17.4 Å². The molecule has 1 amide bonds. The number of carbonyl (C=O) groups excluding carboxylic acids is 1. The summed E-state index contributed by atoms with van der Waals surface area (Å²) in [6, 6.07) is 3.54. The van der Waals surface area contributed by atoms with Crippen molar-refractivity contribution in [3.63, 3.8) is 0 Å². The van der Waals surface area contributed by atoms with E-state index in [-0.39, 0.29) is 11.9 Å². The Kier molecular flexibility index (Phi) is 4.82. The highest BCUT2D eigenvalue weighted by Gasteiger charge is 2.32. The predicted octanol–water partition coefficient (Wildman–Crippen LogP) is 1.89. The molecular weight excluding hydrogens is 252 g/mol. The number of amides is 1. The molecule has 20 heavy (non-hydrogen) atoms. The van der Waals surface area contributed by atoms with E-state index in [0.717, 1.165) is 44.7 Å². The Morgan fingerprint density at radius 3 is 2.85 bits per heavy atom. The van der Waals surface area contributed by atoms with Crippen LogP contribution in [0.2, 0.25) is 0 Å². The Morgan fingerprint density at radius 2 is 2.20 bits per heavy atom. The maximum Gasteiger partial charge on any atom is 0.245 e. The molecule has 1 fully saturated rings. The van der Waals surface area contributed by atoms with Crippen LogP contribution in [0.15, 0.2) is 18.3 Å². The smallest absolute Gasteiger partial charge is 0.245 e. The van der Waals surface area contributed by atoms with E-state index in [0.29, 0.717) is 5.69 Å². The van der Waals surface area contributed by atoms with Crippen LogP contribution in [0.3, 0.4) is 0 Å². The number of nitrogens with zero attached hydrogens (tertiary/aromatic N) is 3. The molecule has 5 heteroatoms. The van der Waals surface area contributed by atoms with Gasteiger partial charge in [0, 0.05) is 25.8 Å². The van der Waals surface area contributed by atoms with Crippen LogP contribution in [0.5, 0.6) is 0 Å². The minimum Gasteiger partial charge on any atom is -0.396 e. The first-order valence-corrected chi connectivity index (χ1v) is 7.45. The van der Waals surface area contributed by atoms with E-state index in [2.05, 4.69) is 9.88 Å².